The number of nitrogens with zero attached hydrogens (tertiary/aromatic N) is 3. The zero-order valence-electron chi connectivity index (χ0n) is 8.34. The molecule has 0 radical (unpaired) electrons. The van der Waals surface area contributed by atoms with E-state index >= 15 is 0 Å². The fraction of sp³-hybridized carbons (Fsp3) is 0. The lowest BCUT2D eigenvalue weighted by Crippen LogP contribution is -1.95. The molecule has 0 spiro atoms. The van der Waals surface area contributed by atoms with Crippen molar-refractivity contribution < 1.29 is 0 Å². The van der Waals surface area contributed by atoms with E-state index in [1.807, 2.05) is 41.4 Å². The number of halogens is 1. The Labute approximate surface area is 106 Å². The van der Waals surface area contributed by atoms with Gasteiger partial charge in [0.05, 0.1) is 11.7 Å². The fourth-order valence-electron chi connectivity index (χ4n) is 1.68. The molecule has 0 fully saturated rings. The predicted molar refractivity (Wildman–Crippen MR) is 71.6 cm³/mol. The number of pyridine rings is 2. The lowest BCUT2D eigenvalue weighted by atomic mass is 10.3. The normalized spacial score (nSPS) is 10.8. The molecule has 16 heavy (non-hydrogen) atoms. The first-order chi connectivity index (χ1) is 7.84. The van der Waals surface area contributed by atoms with Gasteiger partial charge in [-0.25, -0.2) is 4.98 Å². The minimum atomic E-state index is 0.920. The minimum absolute atomic E-state index is 0.920. The molecule has 78 valence electrons. The van der Waals surface area contributed by atoms with Crippen LogP contribution in [0.3, 0.4) is 0 Å². The van der Waals surface area contributed by atoms with Crippen molar-refractivity contribution in [1.29, 1.82) is 0 Å². The molecule has 0 bridgehead atoms. The number of hydrogen-bond donors (Lipinski definition) is 0. The van der Waals surface area contributed by atoms with E-state index in [0.717, 1.165) is 14.9 Å². The Morgan fingerprint density at radius 3 is 2.81 bits per heavy atom. The Morgan fingerprint density at radius 2 is 2.00 bits per heavy atom. The second kappa shape index (κ2) is 3.86. The molecular formula is C12H8IN3. The summed E-state index contributed by atoms with van der Waals surface area (Å²) in [5, 5.41) is 1.18. The molecule has 0 aliphatic rings. The zero-order chi connectivity index (χ0) is 11.0. The van der Waals surface area contributed by atoms with Crippen LogP contribution in [-0.4, -0.2) is 14.5 Å². The highest BCUT2D eigenvalue weighted by molar-refractivity contribution is 14.1. The third-order valence-electron chi connectivity index (χ3n) is 2.45. The van der Waals surface area contributed by atoms with E-state index in [-0.39, 0.29) is 0 Å². The zero-order valence-corrected chi connectivity index (χ0v) is 10.5. The first-order valence-electron chi connectivity index (χ1n) is 4.87. The van der Waals surface area contributed by atoms with Crippen LogP contribution in [0.2, 0.25) is 0 Å². The van der Waals surface area contributed by atoms with Gasteiger partial charge in [0.1, 0.15) is 5.82 Å². The van der Waals surface area contributed by atoms with Crippen molar-refractivity contribution in [2.45, 2.75) is 0 Å². The molecule has 0 amide bonds. The maximum Gasteiger partial charge on any atom is 0.137 e. The van der Waals surface area contributed by atoms with Gasteiger partial charge in [0, 0.05) is 27.5 Å². The molecule has 0 N–H and O–H groups in total. The molecule has 3 nitrogen and oxygen atoms in total. The van der Waals surface area contributed by atoms with E-state index in [4.69, 9.17) is 0 Å². The minimum Gasteiger partial charge on any atom is -0.300 e. The van der Waals surface area contributed by atoms with Crippen molar-refractivity contribution in [3.05, 3.63) is 52.6 Å². The van der Waals surface area contributed by atoms with E-state index in [1.165, 1.54) is 5.39 Å². The molecule has 0 saturated carbocycles. The van der Waals surface area contributed by atoms with Gasteiger partial charge in [-0.1, -0.05) is 0 Å². The van der Waals surface area contributed by atoms with Crippen LogP contribution >= 0.6 is 22.6 Å². The van der Waals surface area contributed by atoms with Crippen LogP contribution in [0.25, 0.3) is 16.7 Å². The Bertz CT molecular complexity index is 628. The van der Waals surface area contributed by atoms with E-state index in [0.29, 0.717) is 0 Å². The van der Waals surface area contributed by atoms with Gasteiger partial charge in [0.2, 0.25) is 0 Å². The Morgan fingerprint density at radius 1 is 1.06 bits per heavy atom. The summed E-state index contributed by atoms with van der Waals surface area (Å²) in [5.41, 5.74) is 1.08. The predicted octanol–water partition coefficient (Wildman–Crippen LogP) is 3.03. The average molecular weight is 321 g/mol. The summed E-state index contributed by atoms with van der Waals surface area (Å²) in [6.07, 6.45) is 7.53. The van der Waals surface area contributed by atoms with Gasteiger partial charge in [-0.05, 0) is 46.9 Å². The van der Waals surface area contributed by atoms with Crippen molar-refractivity contribution in [2.24, 2.45) is 0 Å². The van der Waals surface area contributed by atoms with Crippen LogP contribution in [-0.2, 0) is 0 Å². The van der Waals surface area contributed by atoms with Crippen molar-refractivity contribution in [1.82, 2.24) is 14.5 Å². The fourth-order valence-corrected chi connectivity index (χ4v) is 2.00. The van der Waals surface area contributed by atoms with Crippen LogP contribution < -0.4 is 0 Å². The van der Waals surface area contributed by atoms with E-state index < -0.39 is 0 Å². The summed E-state index contributed by atoms with van der Waals surface area (Å²) in [6.45, 7) is 0. The molecule has 3 heterocycles. The molecule has 0 atom stereocenters. The number of rotatable bonds is 1. The average Bonchev–Trinajstić information content (AvgIpc) is 2.74. The summed E-state index contributed by atoms with van der Waals surface area (Å²) in [5.74, 6) is 0.920. The molecule has 3 aromatic heterocycles. The summed E-state index contributed by atoms with van der Waals surface area (Å²) in [4.78, 5) is 8.54. The largest absolute Gasteiger partial charge is 0.300 e. The Hall–Kier alpha value is -1.43. The Kier molecular flexibility index (Phi) is 2.36. The van der Waals surface area contributed by atoms with Crippen molar-refractivity contribution in [2.75, 3.05) is 0 Å². The van der Waals surface area contributed by atoms with Gasteiger partial charge in [0.25, 0.3) is 0 Å². The van der Waals surface area contributed by atoms with Crippen LogP contribution in [0, 0.1) is 3.57 Å². The van der Waals surface area contributed by atoms with Gasteiger partial charge in [0.15, 0.2) is 0 Å². The molecule has 0 aromatic carbocycles. The second-order valence-corrected chi connectivity index (χ2v) is 4.70. The smallest absolute Gasteiger partial charge is 0.137 e. The van der Waals surface area contributed by atoms with Crippen LogP contribution in [0.4, 0.5) is 0 Å². The van der Waals surface area contributed by atoms with E-state index in [9.17, 15) is 0 Å². The van der Waals surface area contributed by atoms with Gasteiger partial charge in [-0.15, -0.1) is 0 Å². The standard InChI is InChI=1S/C12H8IN3/c13-10-1-2-12(15-7-10)16-6-4-9-3-5-14-8-11(9)16/h1-8H. The van der Waals surface area contributed by atoms with Crippen LogP contribution in [0.1, 0.15) is 0 Å². The van der Waals surface area contributed by atoms with E-state index in [2.05, 4.69) is 38.6 Å². The number of fused-ring (bicyclic) bond motifs is 1. The van der Waals surface area contributed by atoms with Gasteiger partial charge < -0.3 is 0 Å². The summed E-state index contributed by atoms with van der Waals surface area (Å²) in [6, 6.07) is 8.12. The molecule has 0 aliphatic carbocycles. The monoisotopic (exact) mass is 321 g/mol. The lowest BCUT2D eigenvalue weighted by Gasteiger charge is -2.03. The summed E-state index contributed by atoms with van der Waals surface area (Å²) >= 11 is 2.25. The third-order valence-corrected chi connectivity index (χ3v) is 3.09. The van der Waals surface area contributed by atoms with Crippen LogP contribution in [0.15, 0.2) is 49.1 Å². The summed E-state index contributed by atoms with van der Waals surface area (Å²) < 4.78 is 3.18. The lowest BCUT2D eigenvalue weighted by molar-refractivity contribution is 1.04. The first-order valence-corrected chi connectivity index (χ1v) is 5.95. The maximum atomic E-state index is 4.40. The first kappa shape index (κ1) is 9.77. The van der Waals surface area contributed by atoms with E-state index in [1.54, 1.807) is 6.20 Å². The highest BCUT2D eigenvalue weighted by Crippen LogP contribution is 2.18. The van der Waals surface area contributed by atoms with Gasteiger partial charge >= 0.3 is 0 Å². The molecular weight excluding hydrogens is 313 g/mol. The van der Waals surface area contributed by atoms with Crippen molar-refractivity contribution >= 4 is 33.5 Å². The van der Waals surface area contributed by atoms with Gasteiger partial charge in [-0.2, -0.15) is 0 Å². The topological polar surface area (TPSA) is 30.7 Å². The molecule has 0 unspecified atom stereocenters. The van der Waals surface area contributed by atoms with Crippen molar-refractivity contribution in [3.63, 3.8) is 0 Å². The van der Waals surface area contributed by atoms with Crippen molar-refractivity contribution in [3.8, 4) is 5.82 Å². The van der Waals surface area contributed by atoms with Gasteiger partial charge in [-0.3, -0.25) is 9.55 Å². The Balaban J connectivity index is 2.22. The third kappa shape index (κ3) is 1.59. The SMILES string of the molecule is Ic1ccc(-n2ccc3ccncc32)nc1. The molecule has 0 aliphatic heterocycles. The number of hydrogen-bond acceptors (Lipinski definition) is 2. The highest BCUT2D eigenvalue weighted by Gasteiger charge is 2.03. The molecule has 3 rings (SSSR count). The highest BCUT2D eigenvalue weighted by atomic mass is 127. The molecule has 0 saturated heterocycles. The van der Waals surface area contributed by atoms with Crippen LogP contribution in [0.5, 0.6) is 0 Å². The maximum absolute atomic E-state index is 4.40. The molecule has 3 aromatic rings. The number of aromatic nitrogens is 3. The second-order valence-electron chi connectivity index (χ2n) is 3.45. The quantitative estimate of drug-likeness (QED) is 0.645. The molecule has 4 heteroatoms. The summed E-state index contributed by atoms with van der Waals surface area (Å²) in [7, 11) is 0.